The summed E-state index contributed by atoms with van der Waals surface area (Å²) in [6.45, 7) is 4.33. The zero-order chi connectivity index (χ0) is 26.7. The van der Waals surface area contributed by atoms with Gasteiger partial charge in [-0.25, -0.2) is 18.2 Å². The molecule has 3 N–H and O–H groups in total. The average molecular weight is 557 g/mol. The third-order valence-electron chi connectivity index (χ3n) is 8.06. The van der Waals surface area contributed by atoms with Crippen LogP contribution in [-0.4, -0.2) is 82.4 Å². The zero-order valence-electron chi connectivity index (χ0n) is 21.1. The summed E-state index contributed by atoms with van der Waals surface area (Å²) in [4.78, 5) is 22.0. The van der Waals surface area contributed by atoms with Crippen LogP contribution in [0.4, 0.5) is 24.1 Å². The third-order valence-corrected chi connectivity index (χ3v) is 8.95. The smallest absolute Gasteiger partial charge is 0.319 e. The molecule has 3 fully saturated rings. The predicted molar refractivity (Wildman–Crippen MR) is 144 cm³/mol. The molecule has 3 saturated heterocycles. The number of nitrogens with one attached hydrogen (secondary N) is 1. The van der Waals surface area contributed by atoms with Gasteiger partial charge in [-0.2, -0.15) is 9.97 Å². The molecule has 204 valence electrons. The van der Waals surface area contributed by atoms with Crippen LogP contribution in [0.2, 0.25) is 0 Å². The van der Waals surface area contributed by atoms with Crippen LogP contribution in [-0.2, 0) is 0 Å². The number of piperazine rings is 1. The Bertz CT molecular complexity index is 1580. The van der Waals surface area contributed by atoms with Gasteiger partial charge < -0.3 is 20.7 Å². The Morgan fingerprint density at radius 3 is 2.82 bits per heavy atom. The van der Waals surface area contributed by atoms with Gasteiger partial charge in [0, 0.05) is 50.9 Å². The van der Waals surface area contributed by atoms with E-state index in [0.717, 1.165) is 43.8 Å². The minimum Gasteiger partial charge on any atom is -0.461 e. The third kappa shape index (κ3) is 4.14. The van der Waals surface area contributed by atoms with Gasteiger partial charge in [0.05, 0.1) is 21.1 Å². The molecule has 0 radical (unpaired) electrons. The van der Waals surface area contributed by atoms with E-state index in [9.17, 15) is 8.78 Å². The van der Waals surface area contributed by atoms with E-state index in [4.69, 9.17) is 15.5 Å². The molecule has 7 rings (SSSR count). The van der Waals surface area contributed by atoms with Crippen LogP contribution in [0.3, 0.4) is 0 Å². The van der Waals surface area contributed by atoms with Gasteiger partial charge in [-0.1, -0.05) is 11.3 Å². The predicted octanol–water partition coefficient (Wildman–Crippen LogP) is 3.53. The summed E-state index contributed by atoms with van der Waals surface area (Å²) >= 11 is 0.999. The number of fused-ring (bicyclic) bond motifs is 3. The Morgan fingerprint density at radius 2 is 1.97 bits per heavy atom. The summed E-state index contributed by atoms with van der Waals surface area (Å²) in [7, 11) is 0. The normalized spacial score (nSPS) is 23.7. The van der Waals surface area contributed by atoms with E-state index in [2.05, 4.69) is 30.1 Å². The van der Waals surface area contributed by atoms with Crippen molar-refractivity contribution in [2.75, 3.05) is 56.5 Å². The molecule has 0 bridgehead atoms. The molecule has 9 nitrogen and oxygen atoms in total. The number of aromatic nitrogens is 4. The maximum Gasteiger partial charge on any atom is 0.319 e. The zero-order valence-corrected chi connectivity index (χ0v) is 21.9. The number of thiazole rings is 1. The summed E-state index contributed by atoms with van der Waals surface area (Å²) < 4.78 is 51.4. The summed E-state index contributed by atoms with van der Waals surface area (Å²) in [5.41, 5.74) is 6.06. The van der Waals surface area contributed by atoms with Crippen LogP contribution in [0.5, 0.6) is 6.01 Å². The standard InChI is InChI=1S/C26H27F3N8OS/c27-14-10-26(4-1-7-37(26)12-14)13-38-25-34-20-16(23(35-25)36-8-5-31-6-9-36)11-32-19(18(20)29)15-2-3-17(28)22-21(15)33-24(30)39-22/h2-3,11,14,31H,1,4-10,12-13H2,(H2,30,33)/t14-,26+/m1/s1. The summed E-state index contributed by atoms with van der Waals surface area (Å²) in [5, 5.41) is 3.94. The highest BCUT2D eigenvalue weighted by molar-refractivity contribution is 7.22. The van der Waals surface area contributed by atoms with E-state index in [1.165, 1.54) is 12.1 Å². The van der Waals surface area contributed by atoms with Gasteiger partial charge in [0.25, 0.3) is 0 Å². The fraction of sp³-hybridized carbons (Fsp3) is 0.462. The van der Waals surface area contributed by atoms with E-state index in [1.807, 2.05) is 0 Å². The number of halogens is 3. The van der Waals surface area contributed by atoms with E-state index < -0.39 is 17.8 Å². The molecular weight excluding hydrogens is 529 g/mol. The quantitative estimate of drug-likeness (QED) is 0.382. The number of nitrogens with zero attached hydrogens (tertiary/aromatic N) is 6. The van der Waals surface area contributed by atoms with Gasteiger partial charge in [-0.05, 0) is 31.5 Å². The van der Waals surface area contributed by atoms with Crippen molar-refractivity contribution in [1.82, 2.24) is 30.2 Å². The van der Waals surface area contributed by atoms with E-state index in [1.54, 1.807) is 6.20 Å². The summed E-state index contributed by atoms with van der Waals surface area (Å²) in [6.07, 6.45) is 2.89. The first kappa shape index (κ1) is 24.7. The molecule has 6 heterocycles. The second-order valence-electron chi connectivity index (χ2n) is 10.4. The lowest BCUT2D eigenvalue weighted by atomic mass is 9.95. The van der Waals surface area contributed by atoms with Crippen molar-refractivity contribution in [1.29, 1.82) is 0 Å². The molecule has 3 aliphatic rings. The first-order chi connectivity index (χ1) is 18.9. The van der Waals surface area contributed by atoms with Gasteiger partial charge in [-0.3, -0.25) is 9.88 Å². The van der Waals surface area contributed by atoms with Gasteiger partial charge in [0.1, 0.15) is 35.6 Å². The molecule has 2 atom stereocenters. The number of nitrogens with two attached hydrogens (primary N) is 1. The fourth-order valence-electron chi connectivity index (χ4n) is 6.22. The average Bonchev–Trinajstić information content (AvgIpc) is 3.60. The number of nitrogen functional groups attached to an aromatic ring is 1. The van der Waals surface area contributed by atoms with Crippen LogP contribution >= 0.6 is 11.3 Å². The Hall–Kier alpha value is -3.29. The van der Waals surface area contributed by atoms with E-state index in [-0.39, 0.29) is 44.7 Å². The summed E-state index contributed by atoms with van der Waals surface area (Å²) in [5.74, 6) is -0.626. The number of hydrogen-bond donors (Lipinski definition) is 2. The number of hydrogen-bond acceptors (Lipinski definition) is 10. The molecule has 0 amide bonds. The molecule has 0 saturated carbocycles. The highest BCUT2D eigenvalue weighted by Crippen LogP contribution is 2.41. The Morgan fingerprint density at radius 1 is 1.13 bits per heavy atom. The van der Waals surface area contributed by atoms with Crippen molar-refractivity contribution in [3.8, 4) is 17.3 Å². The first-order valence-corrected chi connectivity index (χ1v) is 13.9. The molecule has 3 aromatic heterocycles. The topological polar surface area (TPSA) is 105 Å². The van der Waals surface area contributed by atoms with Gasteiger partial charge in [-0.15, -0.1) is 0 Å². The lowest BCUT2D eigenvalue weighted by Gasteiger charge is -2.31. The minimum atomic E-state index is -0.888. The van der Waals surface area contributed by atoms with Crippen molar-refractivity contribution < 1.29 is 17.9 Å². The second kappa shape index (κ2) is 9.42. The Labute approximate surface area is 226 Å². The van der Waals surface area contributed by atoms with Crippen molar-refractivity contribution in [3.63, 3.8) is 0 Å². The summed E-state index contributed by atoms with van der Waals surface area (Å²) in [6, 6.07) is 2.75. The molecule has 0 unspecified atom stereocenters. The number of ether oxygens (including phenoxy) is 1. The van der Waals surface area contributed by atoms with Crippen molar-refractivity contribution in [2.45, 2.75) is 31.0 Å². The van der Waals surface area contributed by atoms with Gasteiger partial charge >= 0.3 is 6.01 Å². The first-order valence-electron chi connectivity index (χ1n) is 13.1. The number of pyridine rings is 1. The lowest BCUT2D eigenvalue weighted by molar-refractivity contribution is 0.107. The number of anilines is 2. The number of benzene rings is 1. The van der Waals surface area contributed by atoms with Crippen LogP contribution in [0, 0.1) is 11.6 Å². The van der Waals surface area contributed by atoms with E-state index >= 15 is 4.39 Å². The molecule has 39 heavy (non-hydrogen) atoms. The van der Waals surface area contributed by atoms with Crippen molar-refractivity contribution in [2.24, 2.45) is 0 Å². The Balaban J connectivity index is 1.33. The van der Waals surface area contributed by atoms with E-state index in [0.29, 0.717) is 42.8 Å². The van der Waals surface area contributed by atoms with Crippen LogP contribution < -0.4 is 20.7 Å². The second-order valence-corrected chi connectivity index (χ2v) is 11.5. The van der Waals surface area contributed by atoms with Crippen LogP contribution in [0.15, 0.2) is 18.3 Å². The van der Waals surface area contributed by atoms with Crippen molar-refractivity contribution >= 4 is 43.4 Å². The minimum absolute atomic E-state index is 0.00895. The lowest BCUT2D eigenvalue weighted by Crippen LogP contribution is -2.44. The highest BCUT2D eigenvalue weighted by Gasteiger charge is 2.49. The maximum absolute atomic E-state index is 16.3. The molecule has 1 aromatic carbocycles. The number of rotatable bonds is 5. The van der Waals surface area contributed by atoms with Gasteiger partial charge in [0.2, 0.25) is 0 Å². The molecule has 0 aliphatic carbocycles. The van der Waals surface area contributed by atoms with Crippen molar-refractivity contribution in [3.05, 3.63) is 30.0 Å². The fourth-order valence-corrected chi connectivity index (χ4v) is 6.99. The molecular formula is C26H27F3N8OS. The van der Waals surface area contributed by atoms with Crippen LogP contribution in [0.25, 0.3) is 32.4 Å². The Kier molecular flexibility index (Phi) is 5.97. The molecule has 3 aliphatic heterocycles. The SMILES string of the molecule is Nc1nc2c(-c3ncc4c(N5CCNCC5)nc(OC[C@@]56CCCN5C[C@H](F)C6)nc4c3F)ccc(F)c2s1. The monoisotopic (exact) mass is 556 g/mol. The molecule has 4 aromatic rings. The van der Waals surface area contributed by atoms with Gasteiger partial charge in [0.15, 0.2) is 10.9 Å². The maximum atomic E-state index is 16.3. The number of alkyl halides is 1. The highest BCUT2D eigenvalue weighted by atomic mass is 32.1. The largest absolute Gasteiger partial charge is 0.461 e. The molecule has 13 heteroatoms. The van der Waals surface area contributed by atoms with Crippen LogP contribution in [0.1, 0.15) is 19.3 Å². The molecule has 0 spiro atoms.